The third-order valence-corrected chi connectivity index (χ3v) is 5.57. The number of benzene rings is 2. The fourth-order valence-corrected chi connectivity index (χ4v) is 4.09. The summed E-state index contributed by atoms with van der Waals surface area (Å²) in [6, 6.07) is 14.7. The molecule has 3 heterocycles. The first-order valence-corrected chi connectivity index (χ1v) is 9.84. The highest BCUT2D eigenvalue weighted by molar-refractivity contribution is 6.13. The first kappa shape index (κ1) is 18.4. The number of rotatable bonds is 5. The Bertz CT molecular complexity index is 1240. The molecule has 0 spiro atoms. The van der Waals surface area contributed by atoms with Crippen LogP contribution in [0.1, 0.15) is 11.3 Å². The molecular formula is C24H23N3O3. The Morgan fingerprint density at radius 3 is 2.40 bits per heavy atom. The van der Waals surface area contributed by atoms with Gasteiger partial charge >= 0.3 is 0 Å². The molecule has 1 aliphatic heterocycles. The minimum Gasteiger partial charge on any atom is -0.493 e. The molecule has 6 heteroatoms. The van der Waals surface area contributed by atoms with Crippen LogP contribution in [-0.2, 0) is 6.54 Å². The number of aliphatic imine (C=N–C) groups is 1. The molecule has 6 nitrogen and oxygen atoms in total. The summed E-state index contributed by atoms with van der Waals surface area (Å²) < 4.78 is 18.8. The van der Waals surface area contributed by atoms with E-state index in [1.807, 2.05) is 18.3 Å². The molecule has 0 saturated carbocycles. The van der Waals surface area contributed by atoms with Crippen molar-refractivity contribution in [2.24, 2.45) is 4.99 Å². The van der Waals surface area contributed by atoms with Crippen molar-refractivity contribution in [3.05, 3.63) is 66.1 Å². The van der Waals surface area contributed by atoms with Crippen LogP contribution in [0.4, 0.5) is 0 Å². The van der Waals surface area contributed by atoms with E-state index in [0.29, 0.717) is 17.2 Å². The zero-order chi connectivity index (χ0) is 20.7. The smallest absolute Gasteiger partial charge is 0.203 e. The van der Waals surface area contributed by atoms with E-state index in [1.165, 1.54) is 16.5 Å². The number of nitrogens with zero attached hydrogens (tertiary/aromatic N) is 2. The predicted molar refractivity (Wildman–Crippen MR) is 118 cm³/mol. The van der Waals surface area contributed by atoms with Crippen molar-refractivity contribution in [3.8, 4) is 28.4 Å². The highest BCUT2D eigenvalue weighted by Gasteiger charge is 2.22. The Kier molecular flexibility index (Phi) is 4.47. The predicted octanol–water partition coefficient (Wildman–Crippen LogP) is 4.51. The lowest BCUT2D eigenvalue weighted by molar-refractivity contribution is 0.324. The lowest BCUT2D eigenvalue weighted by Gasteiger charge is -2.19. The first-order chi connectivity index (χ1) is 14.7. The van der Waals surface area contributed by atoms with Gasteiger partial charge in [-0.2, -0.15) is 0 Å². The number of fused-ring (bicyclic) bond motifs is 2. The van der Waals surface area contributed by atoms with Gasteiger partial charge in [-0.05, 0) is 47.3 Å². The van der Waals surface area contributed by atoms with Crippen LogP contribution >= 0.6 is 0 Å². The van der Waals surface area contributed by atoms with Crippen molar-refractivity contribution in [1.82, 2.24) is 9.55 Å². The number of aromatic amines is 1. The van der Waals surface area contributed by atoms with Gasteiger partial charge < -0.3 is 23.8 Å². The monoisotopic (exact) mass is 401 g/mol. The molecule has 0 amide bonds. The van der Waals surface area contributed by atoms with E-state index < -0.39 is 0 Å². The summed E-state index contributed by atoms with van der Waals surface area (Å²) in [4.78, 5) is 8.08. The van der Waals surface area contributed by atoms with Crippen molar-refractivity contribution < 1.29 is 14.2 Å². The number of aromatic nitrogens is 2. The van der Waals surface area contributed by atoms with Crippen LogP contribution < -0.4 is 14.2 Å². The Morgan fingerprint density at radius 1 is 0.867 bits per heavy atom. The van der Waals surface area contributed by atoms with Gasteiger partial charge in [0, 0.05) is 35.6 Å². The Labute approximate surface area is 174 Å². The fourth-order valence-electron chi connectivity index (χ4n) is 4.09. The Hall–Kier alpha value is -3.67. The molecule has 0 saturated heterocycles. The molecule has 2 aromatic heterocycles. The van der Waals surface area contributed by atoms with E-state index in [4.69, 9.17) is 19.2 Å². The SMILES string of the molecule is COc1cc(C2=NCCn3cc(-c4ccc5[nH]ccc5c4)cc32)cc(OC)c1OC. The van der Waals surface area contributed by atoms with Gasteiger partial charge in [0.15, 0.2) is 11.5 Å². The van der Waals surface area contributed by atoms with Crippen LogP contribution in [0, 0.1) is 0 Å². The number of hydrogen-bond donors (Lipinski definition) is 1. The van der Waals surface area contributed by atoms with E-state index in [9.17, 15) is 0 Å². The van der Waals surface area contributed by atoms with Gasteiger partial charge in [0.2, 0.25) is 5.75 Å². The normalized spacial score (nSPS) is 13.1. The second-order valence-electron chi connectivity index (χ2n) is 7.23. The minimum atomic E-state index is 0.580. The maximum absolute atomic E-state index is 5.54. The van der Waals surface area contributed by atoms with Crippen molar-refractivity contribution >= 4 is 16.6 Å². The van der Waals surface area contributed by atoms with Crippen molar-refractivity contribution in [3.63, 3.8) is 0 Å². The second-order valence-corrected chi connectivity index (χ2v) is 7.23. The number of nitrogens with one attached hydrogen (secondary N) is 1. The van der Waals surface area contributed by atoms with Crippen molar-refractivity contribution in [2.45, 2.75) is 6.54 Å². The molecule has 5 rings (SSSR count). The maximum atomic E-state index is 5.54. The fraction of sp³-hybridized carbons (Fsp3) is 0.208. The standard InChI is InChI=1S/C24H23N3O3/c1-28-21-12-17(13-22(29-2)24(21)30-3)23-20-11-18(14-27(20)9-8-26-23)15-4-5-19-16(10-15)6-7-25-19/h4-7,10-14,25H,8-9H2,1-3H3. The van der Waals surface area contributed by atoms with Crippen LogP contribution in [-0.4, -0.2) is 43.1 Å². The van der Waals surface area contributed by atoms with Crippen LogP contribution in [0.15, 0.2) is 59.9 Å². The average Bonchev–Trinajstić information content (AvgIpc) is 3.43. The van der Waals surface area contributed by atoms with Gasteiger partial charge in [-0.3, -0.25) is 4.99 Å². The molecule has 152 valence electrons. The van der Waals surface area contributed by atoms with Gasteiger partial charge in [-0.25, -0.2) is 0 Å². The molecule has 30 heavy (non-hydrogen) atoms. The molecule has 0 fully saturated rings. The summed E-state index contributed by atoms with van der Waals surface area (Å²) in [5.74, 6) is 1.82. The largest absolute Gasteiger partial charge is 0.493 e. The quantitative estimate of drug-likeness (QED) is 0.535. The van der Waals surface area contributed by atoms with Gasteiger partial charge in [-0.15, -0.1) is 0 Å². The lowest BCUT2D eigenvalue weighted by atomic mass is 10.0. The zero-order valence-corrected chi connectivity index (χ0v) is 17.2. The summed E-state index contributed by atoms with van der Waals surface area (Å²) in [7, 11) is 4.86. The zero-order valence-electron chi connectivity index (χ0n) is 17.2. The van der Waals surface area contributed by atoms with Crippen LogP contribution in [0.2, 0.25) is 0 Å². The van der Waals surface area contributed by atoms with Gasteiger partial charge in [-0.1, -0.05) is 6.07 Å². The number of methoxy groups -OCH3 is 3. The first-order valence-electron chi connectivity index (χ1n) is 9.84. The molecule has 0 radical (unpaired) electrons. The van der Waals surface area contributed by atoms with E-state index in [2.05, 4.69) is 46.1 Å². The van der Waals surface area contributed by atoms with Crippen molar-refractivity contribution in [1.29, 1.82) is 0 Å². The molecule has 2 aromatic carbocycles. The maximum Gasteiger partial charge on any atom is 0.203 e. The number of ether oxygens (including phenoxy) is 3. The van der Waals surface area contributed by atoms with E-state index in [0.717, 1.165) is 35.6 Å². The second kappa shape index (κ2) is 7.30. The van der Waals surface area contributed by atoms with Crippen LogP contribution in [0.25, 0.3) is 22.0 Å². The van der Waals surface area contributed by atoms with Gasteiger partial charge in [0.05, 0.1) is 39.3 Å². The molecule has 0 atom stereocenters. The highest BCUT2D eigenvalue weighted by atomic mass is 16.5. The summed E-state index contributed by atoms with van der Waals surface area (Å²) in [6.07, 6.45) is 4.17. The van der Waals surface area contributed by atoms with E-state index >= 15 is 0 Å². The Morgan fingerprint density at radius 2 is 1.67 bits per heavy atom. The highest BCUT2D eigenvalue weighted by Crippen LogP contribution is 2.39. The summed E-state index contributed by atoms with van der Waals surface area (Å²) in [5.41, 5.74) is 6.45. The molecule has 0 unspecified atom stereocenters. The summed E-state index contributed by atoms with van der Waals surface area (Å²) in [5, 5.41) is 1.20. The topological polar surface area (TPSA) is 60.8 Å². The van der Waals surface area contributed by atoms with Gasteiger partial charge in [0.1, 0.15) is 0 Å². The van der Waals surface area contributed by atoms with E-state index in [-0.39, 0.29) is 0 Å². The molecule has 4 aromatic rings. The van der Waals surface area contributed by atoms with Crippen molar-refractivity contribution in [2.75, 3.05) is 27.9 Å². The summed E-state index contributed by atoms with van der Waals surface area (Å²) >= 11 is 0. The van der Waals surface area contributed by atoms with Crippen LogP contribution in [0.3, 0.4) is 0 Å². The molecule has 1 N–H and O–H groups in total. The number of hydrogen-bond acceptors (Lipinski definition) is 4. The lowest BCUT2D eigenvalue weighted by Crippen LogP contribution is -2.18. The molecular weight excluding hydrogens is 378 g/mol. The van der Waals surface area contributed by atoms with Gasteiger partial charge in [0.25, 0.3) is 0 Å². The third-order valence-electron chi connectivity index (χ3n) is 5.57. The number of H-pyrrole nitrogens is 1. The minimum absolute atomic E-state index is 0.580. The summed E-state index contributed by atoms with van der Waals surface area (Å²) in [6.45, 7) is 1.58. The van der Waals surface area contributed by atoms with E-state index in [1.54, 1.807) is 21.3 Å². The third kappa shape index (κ3) is 2.92. The Balaban J connectivity index is 1.59. The molecule has 0 bridgehead atoms. The molecule has 0 aliphatic carbocycles. The average molecular weight is 401 g/mol. The van der Waals surface area contributed by atoms with Crippen LogP contribution in [0.5, 0.6) is 17.2 Å². The molecule has 1 aliphatic rings.